The molecule has 5 aromatic carbocycles. The summed E-state index contributed by atoms with van der Waals surface area (Å²) in [5.74, 6) is 0.102. The van der Waals surface area contributed by atoms with Gasteiger partial charge in [0.25, 0.3) is 0 Å². The molecule has 6 aliphatic rings. The number of hydrogen-bond acceptors (Lipinski definition) is 4. The topological polar surface area (TPSA) is 36.9 Å². The lowest BCUT2D eigenvalue weighted by molar-refractivity contribution is -0.227. The van der Waals surface area contributed by atoms with E-state index in [-0.39, 0.29) is 23.7 Å². The Morgan fingerprint density at radius 1 is 0.333 bits per heavy atom. The first-order chi connectivity index (χ1) is 23.6. The van der Waals surface area contributed by atoms with Crippen LogP contribution < -0.4 is 0 Å². The van der Waals surface area contributed by atoms with Crippen LogP contribution in [0, 0.1) is 23.7 Å². The number of ether oxygens (including phenoxy) is 4. The first-order valence-corrected chi connectivity index (χ1v) is 18.3. The van der Waals surface area contributed by atoms with Gasteiger partial charge in [-0.15, -0.1) is 0 Å². The minimum Gasteiger partial charge on any atom is -0.347 e. The molecule has 2 spiro atoms. The maximum Gasteiger partial charge on any atom is 0.175 e. The Morgan fingerprint density at radius 2 is 0.562 bits per heavy atom. The molecule has 0 N–H and O–H groups in total. The highest BCUT2D eigenvalue weighted by Crippen LogP contribution is 2.51. The Bertz CT molecular complexity index is 1820. The van der Waals surface area contributed by atoms with Crippen LogP contribution >= 0.6 is 0 Å². The molecular formula is C44H42O4. The zero-order valence-electron chi connectivity index (χ0n) is 27.5. The van der Waals surface area contributed by atoms with Crippen LogP contribution in [0.2, 0.25) is 0 Å². The van der Waals surface area contributed by atoms with E-state index in [4.69, 9.17) is 18.9 Å². The van der Waals surface area contributed by atoms with Gasteiger partial charge in [0.15, 0.2) is 11.6 Å². The van der Waals surface area contributed by atoms with E-state index in [0.29, 0.717) is 26.4 Å². The Hall–Kier alpha value is -3.54. The summed E-state index contributed by atoms with van der Waals surface area (Å²) in [4.78, 5) is 0. The highest BCUT2D eigenvalue weighted by molar-refractivity contribution is 5.85. The molecule has 0 saturated carbocycles. The zero-order valence-corrected chi connectivity index (χ0v) is 27.5. The molecule has 4 bridgehead atoms. The third-order valence-electron chi connectivity index (χ3n) is 13.1. The van der Waals surface area contributed by atoms with E-state index < -0.39 is 11.6 Å². The van der Waals surface area contributed by atoms with Gasteiger partial charge in [-0.25, -0.2) is 0 Å². The highest BCUT2D eigenvalue weighted by atomic mass is 16.7. The predicted octanol–water partition coefficient (Wildman–Crippen LogP) is 7.74. The molecule has 2 aliphatic heterocycles. The lowest BCUT2D eigenvalue weighted by atomic mass is 9.82. The van der Waals surface area contributed by atoms with Crippen LogP contribution in [0.25, 0.3) is 21.5 Å². The van der Waals surface area contributed by atoms with Gasteiger partial charge in [-0.05, 0) is 117 Å². The second kappa shape index (κ2) is 10.5. The van der Waals surface area contributed by atoms with Crippen molar-refractivity contribution in [2.45, 2.75) is 62.9 Å². The van der Waals surface area contributed by atoms with Crippen molar-refractivity contribution in [3.05, 3.63) is 129 Å². The average Bonchev–Trinajstić information content (AvgIpc) is 3.72. The van der Waals surface area contributed by atoms with Gasteiger partial charge in [-0.2, -0.15) is 0 Å². The maximum absolute atomic E-state index is 6.77. The van der Waals surface area contributed by atoms with Crippen molar-refractivity contribution in [1.82, 2.24) is 0 Å². The largest absolute Gasteiger partial charge is 0.347 e. The lowest BCUT2D eigenvalue weighted by Crippen LogP contribution is -2.47. The second-order valence-electron chi connectivity index (χ2n) is 15.6. The molecule has 0 amide bonds. The van der Waals surface area contributed by atoms with E-state index in [1.807, 2.05) is 0 Å². The summed E-state index contributed by atoms with van der Waals surface area (Å²) >= 11 is 0. The molecule has 242 valence electrons. The van der Waals surface area contributed by atoms with Crippen LogP contribution in [0.3, 0.4) is 0 Å². The Labute approximate surface area is 282 Å². The Kier molecular flexibility index (Phi) is 6.18. The normalized spacial score (nSPS) is 27.8. The molecule has 0 aromatic heterocycles. The third kappa shape index (κ3) is 4.16. The number of rotatable bonds is 0. The average molecular weight is 635 g/mol. The summed E-state index contributed by atoms with van der Waals surface area (Å²) in [6.07, 6.45) is 7.94. The van der Waals surface area contributed by atoms with Gasteiger partial charge in [-0.1, -0.05) is 84.9 Å². The van der Waals surface area contributed by atoms with Crippen molar-refractivity contribution in [3.63, 3.8) is 0 Å². The third-order valence-corrected chi connectivity index (χ3v) is 13.1. The molecule has 4 unspecified atom stereocenters. The smallest absolute Gasteiger partial charge is 0.175 e. The molecule has 5 aromatic rings. The van der Waals surface area contributed by atoms with Crippen molar-refractivity contribution in [3.8, 4) is 0 Å². The van der Waals surface area contributed by atoms with Gasteiger partial charge in [0.1, 0.15) is 0 Å². The fourth-order valence-corrected chi connectivity index (χ4v) is 11.0. The van der Waals surface area contributed by atoms with Crippen LogP contribution in [-0.2, 0) is 70.3 Å². The van der Waals surface area contributed by atoms with Gasteiger partial charge in [-0.3, -0.25) is 0 Å². The van der Waals surface area contributed by atoms with Gasteiger partial charge < -0.3 is 18.9 Å². The molecular weight excluding hydrogens is 592 g/mol. The number of benzene rings is 5. The van der Waals surface area contributed by atoms with Crippen molar-refractivity contribution >= 4 is 21.5 Å². The highest BCUT2D eigenvalue weighted by Gasteiger charge is 2.55. The maximum atomic E-state index is 6.77. The summed E-state index contributed by atoms with van der Waals surface area (Å²) in [5, 5.41) is 5.33. The Balaban J connectivity index is 1.01. The number of fused-ring (bicyclic) bond motifs is 6. The van der Waals surface area contributed by atoms with E-state index in [1.165, 1.54) is 66.1 Å². The minimum atomic E-state index is -0.519. The van der Waals surface area contributed by atoms with E-state index in [1.54, 1.807) is 0 Å². The summed E-state index contributed by atoms with van der Waals surface area (Å²) in [6.45, 7) is 2.77. The Morgan fingerprint density at radius 3 is 0.812 bits per heavy atom. The zero-order chi connectivity index (χ0) is 31.5. The monoisotopic (exact) mass is 634 g/mol. The van der Waals surface area contributed by atoms with Gasteiger partial charge >= 0.3 is 0 Å². The SMILES string of the molecule is c1ccc2cc3c(cc2c1)CC1Cc2cc4c(cc2CC(C3)C12OCCO2)CC1Cc2cc3ccccc3cc2CC(C4)C12OCCO2. The molecule has 4 aliphatic carbocycles. The number of hydrogen-bond donors (Lipinski definition) is 0. The quantitative estimate of drug-likeness (QED) is 0.175. The summed E-state index contributed by atoms with van der Waals surface area (Å²) in [5.41, 5.74) is 11.9. The summed E-state index contributed by atoms with van der Waals surface area (Å²) < 4.78 is 27.1. The fraction of sp³-hybridized carbons (Fsp3) is 0.409. The molecule has 4 nitrogen and oxygen atoms in total. The molecule has 0 radical (unpaired) electrons. The van der Waals surface area contributed by atoms with Crippen molar-refractivity contribution in [1.29, 1.82) is 0 Å². The van der Waals surface area contributed by atoms with Crippen molar-refractivity contribution in [2.24, 2.45) is 23.7 Å². The molecule has 48 heavy (non-hydrogen) atoms. The van der Waals surface area contributed by atoms with Crippen molar-refractivity contribution in [2.75, 3.05) is 26.4 Å². The molecule has 4 heteroatoms. The van der Waals surface area contributed by atoms with E-state index in [0.717, 1.165) is 51.4 Å². The van der Waals surface area contributed by atoms with Crippen LogP contribution in [0.4, 0.5) is 0 Å². The van der Waals surface area contributed by atoms with Gasteiger partial charge in [0, 0.05) is 23.7 Å². The van der Waals surface area contributed by atoms with Gasteiger partial charge in [0.2, 0.25) is 0 Å². The summed E-state index contributed by atoms with van der Waals surface area (Å²) in [6, 6.07) is 32.7. The second-order valence-corrected chi connectivity index (χ2v) is 15.6. The lowest BCUT2D eigenvalue weighted by Gasteiger charge is -2.39. The molecule has 2 saturated heterocycles. The standard InChI is InChI=1S/C44H42O4/c1-2-6-28-14-32-20-40-24-36-18-38-26-42-22-34-16-30-8-4-3-7-29(30)15-33(34)21-41(44(42)47-11-12-48-44)25-37(38)17-35(36)23-39(43(40)45-9-10-46-43)19-31(32)13-27(28)5-1/h1-8,13-18,39-42H,9-12,19-26H2. The summed E-state index contributed by atoms with van der Waals surface area (Å²) in [7, 11) is 0. The van der Waals surface area contributed by atoms with E-state index in [2.05, 4.69) is 84.9 Å². The predicted molar refractivity (Wildman–Crippen MR) is 187 cm³/mol. The van der Waals surface area contributed by atoms with Crippen LogP contribution in [0.5, 0.6) is 0 Å². The first kappa shape index (κ1) is 28.3. The molecule has 2 heterocycles. The van der Waals surface area contributed by atoms with Crippen LogP contribution in [0.1, 0.15) is 44.5 Å². The van der Waals surface area contributed by atoms with Crippen LogP contribution in [-0.4, -0.2) is 38.0 Å². The fourth-order valence-electron chi connectivity index (χ4n) is 11.0. The molecule has 4 atom stereocenters. The van der Waals surface area contributed by atoms with E-state index in [9.17, 15) is 0 Å². The van der Waals surface area contributed by atoms with E-state index >= 15 is 0 Å². The molecule has 11 rings (SSSR count). The first-order valence-electron chi connectivity index (χ1n) is 18.3. The van der Waals surface area contributed by atoms with Crippen molar-refractivity contribution < 1.29 is 18.9 Å². The van der Waals surface area contributed by atoms with Gasteiger partial charge in [0.05, 0.1) is 26.4 Å². The van der Waals surface area contributed by atoms with Crippen LogP contribution in [0.15, 0.2) is 84.9 Å². The minimum absolute atomic E-state index is 0.285. The molecule has 2 fully saturated rings.